The van der Waals surface area contributed by atoms with E-state index in [1.807, 2.05) is 30.5 Å². The number of rotatable bonds is 5. The van der Waals surface area contributed by atoms with Crippen molar-refractivity contribution in [2.24, 2.45) is 7.05 Å². The summed E-state index contributed by atoms with van der Waals surface area (Å²) in [6, 6.07) is 12.5. The number of likely N-dealkylation sites (tertiary alicyclic amines) is 1. The minimum absolute atomic E-state index is 0.0626. The molecule has 1 aliphatic rings. The average molecular weight is 329 g/mol. The van der Waals surface area contributed by atoms with Crippen molar-refractivity contribution in [3.63, 3.8) is 0 Å². The molecule has 0 aliphatic carbocycles. The normalized spacial score (nSPS) is 18.3. The second-order valence-electron chi connectivity index (χ2n) is 5.92. The molecule has 2 heterocycles. The molecule has 0 saturated carbocycles. The van der Waals surface area contributed by atoms with Crippen LogP contribution in [0.1, 0.15) is 24.6 Å². The molecule has 3 rings (SSSR count). The molecule has 23 heavy (non-hydrogen) atoms. The Kier molecular flexibility index (Phi) is 5.08. The highest BCUT2D eigenvalue weighted by atomic mass is 32.2. The van der Waals surface area contributed by atoms with E-state index in [9.17, 15) is 4.79 Å². The lowest BCUT2D eigenvalue weighted by atomic mass is 10.1. The molecule has 2 aromatic rings. The lowest BCUT2D eigenvalue weighted by Gasteiger charge is -2.24. The van der Waals surface area contributed by atoms with Crippen LogP contribution in [-0.2, 0) is 11.8 Å². The molecule has 0 radical (unpaired) electrons. The number of carbonyl (C=O) groups is 1. The third kappa shape index (κ3) is 3.62. The second kappa shape index (κ2) is 7.23. The number of benzene rings is 1. The van der Waals surface area contributed by atoms with Gasteiger partial charge in [0.2, 0.25) is 5.91 Å². The summed E-state index contributed by atoms with van der Waals surface area (Å²) in [6.45, 7) is 1.42. The zero-order valence-corrected chi connectivity index (χ0v) is 14.5. The number of nitrogens with zero attached hydrogens (tertiary/aromatic N) is 2. The van der Waals surface area contributed by atoms with Gasteiger partial charge < -0.3 is 9.88 Å². The molecule has 4 nitrogen and oxygen atoms in total. The molecule has 0 bridgehead atoms. The molecule has 0 spiro atoms. The third-order valence-corrected chi connectivity index (χ3v) is 5.21. The number of para-hydroxylation sites is 1. The predicted molar refractivity (Wildman–Crippen MR) is 95.8 cm³/mol. The summed E-state index contributed by atoms with van der Waals surface area (Å²) in [7, 11) is 2.07. The van der Waals surface area contributed by atoms with E-state index in [2.05, 4.69) is 40.2 Å². The Morgan fingerprint density at radius 1 is 1.30 bits per heavy atom. The van der Waals surface area contributed by atoms with Crippen molar-refractivity contribution in [1.82, 2.24) is 9.47 Å². The van der Waals surface area contributed by atoms with E-state index in [-0.39, 0.29) is 5.91 Å². The van der Waals surface area contributed by atoms with Gasteiger partial charge in [0.05, 0.1) is 18.3 Å². The van der Waals surface area contributed by atoms with Crippen molar-refractivity contribution in [2.45, 2.75) is 23.8 Å². The van der Waals surface area contributed by atoms with E-state index < -0.39 is 0 Å². The summed E-state index contributed by atoms with van der Waals surface area (Å²) in [5.41, 5.74) is 2.19. The number of hydrogen-bond donors (Lipinski definition) is 1. The number of carbonyl (C=O) groups excluding carboxylic acids is 1. The number of nitrogens with one attached hydrogen (secondary N) is 1. The Bertz CT molecular complexity index is 682. The quantitative estimate of drug-likeness (QED) is 0.853. The number of aryl methyl sites for hydroxylation is 1. The smallest absolute Gasteiger partial charge is 0.238 e. The van der Waals surface area contributed by atoms with Gasteiger partial charge in [-0.2, -0.15) is 0 Å². The predicted octanol–water partition coefficient (Wildman–Crippen LogP) is 3.52. The maximum absolute atomic E-state index is 12.5. The molecule has 1 fully saturated rings. The Morgan fingerprint density at radius 3 is 2.87 bits per heavy atom. The summed E-state index contributed by atoms with van der Waals surface area (Å²) in [4.78, 5) is 15.9. The summed E-state index contributed by atoms with van der Waals surface area (Å²) in [6.07, 6.45) is 6.36. The van der Waals surface area contributed by atoms with Crippen molar-refractivity contribution in [3.8, 4) is 0 Å². The first-order valence-electron chi connectivity index (χ1n) is 7.97. The van der Waals surface area contributed by atoms with Gasteiger partial charge >= 0.3 is 0 Å². The maximum Gasteiger partial charge on any atom is 0.238 e. The number of thioether (sulfide) groups is 1. The van der Waals surface area contributed by atoms with Gasteiger partial charge in [0.1, 0.15) is 0 Å². The van der Waals surface area contributed by atoms with E-state index in [0.717, 1.165) is 30.0 Å². The van der Waals surface area contributed by atoms with Crippen LogP contribution in [0.4, 0.5) is 5.69 Å². The Hall–Kier alpha value is -1.72. The summed E-state index contributed by atoms with van der Waals surface area (Å²) in [5, 5.41) is 3.06. The number of aromatic nitrogens is 1. The molecule has 5 heteroatoms. The largest absolute Gasteiger partial charge is 0.353 e. The van der Waals surface area contributed by atoms with Gasteiger partial charge in [0.25, 0.3) is 0 Å². The SMILES string of the molecule is CSc1ccccc1NC(=O)CN1CCC[C@@H]1c1cccn1C. The number of anilines is 1. The van der Waals surface area contributed by atoms with E-state index in [1.54, 1.807) is 11.8 Å². The van der Waals surface area contributed by atoms with Crippen LogP contribution in [0.25, 0.3) is 0 Å². The summed E-state index contributed by atoms with van der Waals surface area (Å²) >= 11 is 1.65. The van der Waals surface area contributed by atoms with Crippen LogP contribution in [0, 0.1) is 0 Å². The molecular formula is C18H23N3OS. The highest BCUT2D eigenvalue weighted by molar-refractivity contribution is 7.98. The van der Waals surface area contributed by atoms with Crippen molar-refractivity contribution in [3.05, 3.63) is 48.3 Å². The lowest BCUT2D eigenvalue weighted by molar-refractivity contribution is -0.117. The summed E-state index contributed by atoms with van der Waals surface area (Å²) in [5.74, 6) is 0.0626. The van der Waals surface area contributed by atoms with E-state index in [0.29, 0.717) is 12.6 Å². The Morgan fingerprint density at radius 2 is 2.13 bits per heavy atom. The van der Waals surface area contributed by atoms with Gasteiger partial charge in [-0.15, -0.1) is 11.8 Å². The number of hydrogen-bond acceptors (Lipinski definition) is 3. The standard InChI is InChI=1S/C18H23N3OS/c1-20-11-5-8-15(20)16-9-6-12-21(16)13-18(22)19-14-7-3-4-10-17(14)23-2/h3-5,7-8,10-11,16H,6,9,12-13H2,1-2H3,(H,19,22)/t16-/m1/s1. The van der Waals surface area contributed by atoms with Crippen LogP contribution < -0.4 is 5.32 Å². The minimum Gasteiger partial charge on any atom is -0.353 e. The van der Waals surface area contributed by atoms with Crippen LogP contribution >= 0.6 is 11.8 Å². The first-order chi connectivity index (χ1) is 11.2. The highest BCUT2D eigenvalue weighted by Gasteiger charge is 2.29. The molecule has 1 saturated heterocycles. The van der Waals surface area contributed by atoms with E-state index in [1.165, 1.54) is 5.69 Å². The zero-order valence-electron chi connectivity index (χ0n) is 13.7. The molecule has 1 N–H and O–H groups in total. The number of amides is 1. The van der Waals surface area contributed by atoms with Gasteiger partial charge in [0.15, 0.2) is 0 Å². The zero-order chi connectivity index (χ0) is 16.2. The molecule has 0 unspecified atom stereocenters. The van der Waals surface area contributed by atoms with Crippen LogP contribution in [0.5, 0.6) is 0 Å². The van der Waals surface area contributed by atoms with Crippen molar-refractivity contribution in [2.75, 3.05) is 24.7 Å². The van der Waals surface area contributed by atoms with Crippen LogP contribution in [0.3, 0.4) is 0 Å². The molecule has 1 aliphatic heterocycles. The summed E-state index contributed by atoms with van der Waals surface area (Å²) < 4.78 is 2.16. The van der Waals surface area contributed by atoms with Crippen LogP contribution in [0.2, 0.25) is 0 Å². The monoisotopic (exact) mass is 329 g/mol. The fraction of sp³-hybridized carbons (Fsp3) is 0.389. The van der Waals surface area contributed by atoms with Crippen molar-refractivity contribution >= 4 is 23.4 Å². The Labute approximate surface area is 141 Å². The molecular weight excluding hydrogens is 306 g/mol. The molecule has 1 amide bonds. The van der Waals surface area contributed by atoms with Crippen LogP contribution in [-0.4, -0.2) is 34.7 Å². The van der Waals surface area contributed by atoms with Gasteiger partial charge in [0, 0.05) is 23.8 Å². The van der Waals surface area contributed by atoms with E-state index >= 15 is 0 Å². The van der Waals surface area contributed by atoms with Gasteiger partial charge in [-0.1, -0.05) is 12.1 Å². The van der Waals surface area contributed by atoms with Crippen molar-refractivity contribution in [1.29, 1.82) is 0 Å². The highest BCUT2D eigenvalue weighted by Crippen LogP contribution is 2.31. The molecule has 1 atom stereocenters. The topological polar surface area (TPSA) is 37.3 Å². The van der Waals surface area contributed by atoms with Crippen LogP contribution in [0.15, 0.2) is 47.5 Å². The fourth-order valence-electron chi connectivity index (χ4n) is 3.29. The lowest BCUT2D eigenvalue weighted by Crippen LogP contribution is -2.33. The second-order valence-corrected chi connectivity index (χ2v) is 6.77. The van der Waals surface area contributed by atoms with Gasteiger partial charge in [-0.05, 0) is 49.9 Å². The van der Waals surface area contributed by atoms with Gasteiger partial charge in [-0.25, -0.2) is 0 Å². The fourth-order valence-corrected chi connectivity index (χ4v) is 3.85. The third-order valence-electron chi connectivity index (χ3n) is 4.42. The van der Waals surface area contributed by atoms with Crippen molar-refractivity contribution < 1.29 is 4.79 Å². The molecule has 1 aromatic carbocycles. The maximum atomic E-state index is 12.5. The first kappa shape index (κ1) is 16.1. The Balaban J connectivity index is 1.66. The minimum atomic E-state index is 0.0626. The average Bonchev–Trinajstić information content (AvgIpc) is 3.16. The first-order valence-corrected chi connectivity index (χ1v) is 9.19. The molecule has 122 valence electrons. The van der Waals surface area contributed by atoms with E-state index in [4.69, 9.17) is 0 Å². The van der Waals surface area contributed by atoms with Gasteiger partial charge in [-0.3, -0.25) is 9.69 Å². The molecule has 1 aromatic heterocycles.